The fraction of sp³-hybridized carbons (Fsp3) is 1.00. The van der Waals surface area contributed by atoms with Gasteiger partial charge in [0.25, 0.3) is 0 Å². The molecule has 0 rings (SSSR count). The van der Waals surface area contributed by atoms with Crippen molar-refractivity contribution >= 4 is 0 Å². The van der Waals surface area contributed by atoms with Crippen molar-refractivity contribution in [3.8, 4) is 0 Å². The van der Waals surface area contributed by atoms with Crippen LogP contribution in [0.15, 0.2) is 0 Å². The summed E-state index contributed by atoms with van der Waals surface area (Å²) in [6.45, 7) is 14.0. The summed E-state index contributed by atoms with van der Waals surface area (Å²) < 4.78 is 11.7. The first-order valence-corrected chi connectivity index (χ1v) is 7.15. The fourth-order valence-corrected chi connectivity index (χ4v) is 2.32. The van der Waals surface area contributed by atoms with Gasteiger partial charge in [0.1, 0.15) is 0 Å². The highest BCUT2D eigenvalue weighted by Crippen LogP contribution is 2.25. The molecule has 0 aliphatic rings. The van der Waals surface area contributed by atoms with Crippen molar-refractivity contribution in [3.63, 3.8) is 0 Å². The number of hydrogen-bond acceptors (Lipinski definition) is 3. The molecule has 0 aromatic carbocycles. The molecule has 3 heteroatoms. The van der Waals surface area contributed by atoms with Gasteiger partial charge < -0.3 is 14.8 Å². The minimum Gasteiger partial charge on any atom is -0.380 e. The summed E-state index contributed by atoms with van der Waals surface area (Å²) in [6, 6.07) is 0.286. The topological polar surface area (TPSA) is 30.5 Å². The Labute approximate surface area is 107 Å². The first kappa shape index (κ1) is 16.9. The number of ether oxygens (including phenoxy) is 2. The van der Waals surface area contributed by atoms with Gasteiger partial charge in [-0.1, -0.05) is 27.7 Å². The quantitative estimate of drug-likeness (QED) is 0.568. The van der Waals surface area contributed by atoms with Gasteiger partial charge in [0.05, 0.1) is 18.2 Å². The normalized spacial score (nSPS) is 13.9. The predicted molar refractivity (Wildman–Crippen MR) is 73.5 cm³/mol. The van der Waals surface area contributed by atoms with E-state index in [2.05, 4.69) is 39.9 Å². The summed E-state index contributed by atoms with van der Waals surface area (Å²) >= 11 is 0. The molecule has 0 bridgehead atoms. The zero-order valence-corrected chi connectivity index (χ0v) is 12.3. The standard InChI is InChI=1S/C14H31NO2/c1-6-11-16-12-13(15-9-4)14(7-2,8-3)17-10-5/h13,15H,6-12H2,1-5H3. The molecule has 0 amide bonds. The van der Waals surface area contributed by atoms with E-state index in [0.29, 0.717) is 0 Å². The van der Waals surface area contributed by atoms with Gasteiger partial charge in [-0.15, -0.1) is 0 Å². The van der Waals surface area contributed by atoms with Gasteiger partial charge in [-0.2, -0.15) is 0 Å². The number of rotatable bonds is 11. The van der Waals surface area contributed by atoms with E-state index in [-0.39, 0.29) is 11.6 Å². The molecule has 17 heavy (non-hydrogen) atoms. The maximum atomic E-state index is 6.03. The summed E-state index contributed by atoms with van der Waals surface area (Å²) in [5, 5.41) is 3.52. The number of hydrogen-bond donors (Lipinski definition) is 1. The van der Waals surface area contributed by atoms with Crippen LogP contribution >= 0.6 is 0 Å². The third-order valence-corrected chi connectivity index (χ3v) is 3.35. The van der Waals surface area contributed by atoms with E-state index in [1.807, 2.05) is 0 Å². The van der Waals surface area contributed by atoms with Crippen LogP contribution in [0.2, 0.25) is 0 Å². The van der Waals surface area contributed by atoms with Crippen molar-refractivity contribution in [1.82, 2.24) is 5.32 Å². The Kier molecular flexibility index (Phi) is 9.79. The van der Waals surface area contributed by atoms with E-state index in [4.69, 9.17) is 9.47 Å². The molecule has 0 spiro atoms. The average molecular weight is 245 g/mol. The average Bonchev–Trinajstić information content (AvgIpc) is 2.35. The first-order chi connectivity index (χ1) is 8.20. The third kappa shape index (κ3) is 5.36. The SMILES string of the molecule is CCCOCC(NCC)C(CC)(CC)OCC. The van der Waals surface area contributed by atoms with Crippen molar-refractivity contribution < 1.29 is 9.47 Å². The van der Waals surface area contributed by atoms with Gasteiger partial charge in [-0.25, -0.2) is 0 Å². The zero-order valence-electron chi connectivity index (χ0n) is 12.3. The minimum atomic E-state index is -0.0848. The molecule has 0 saturated carbocycles. The lowest BCUT2D eigenvalue weighted by Gasteiger charge is -2.39. The van der Waals surface area contributed by atoms with Gasteiger partial charge in [-0.05, 0) is 32.7 Å². The Morgan fingerprint density at radius 1 is 1.06 bits per heavy atom. The van der Waals surface area contributed by atoms with Crippen molar-refractivity contribution in [3.05, 3.63) is 0 Å². The predicted octanol–water partition coefficient (Wildman–Crippen LogP) is 2.99. The summed E-state index contributed by atoms with van der Waals surface area (Å²) in [5.74, 6) is 0. The van der Waals surface area contributed by atoms with Gasteiger partial charge in [0.15, 0.2) is 0 Å². The van der Waals surface area contributed by atoms with Crippen LogP contribution in [-0.4, -0.2) is 38.0 Å². The summed E-state index contributed by atoms with van der Waals surface area (Å²) in [4.78, 5) is 0. The maximum Gasteiger partial charge on any atom is 0.0851 e. The van der Waals surface area contributed by atoms with Crippen LogP contribution in [0.5, 0.6) is 0 Å². The van der Waals surface area contributed by atoms with Crippen molar-refractivity contribution in [2.75, 3.05) is 26.4 Å². The molecule has 0 radical (unpaired) electrons. The van der Waals surface area contributed by atoms with Gasteiger partial charge >= 0.3 is 0 Å². The molecule has 0 heterocycles. The summed E-state index contributed by atoms with van der Waals surface area (Å²) in [5.41, 5.74) is -0.0848. The molecule has 1 unspecified atom stereocenters. The van der Waals surface area contributed by atoms with E-state index < -0.39 is 0 Å². The Hall–Kier alpha value is -0.120. The lowest BCUT2D eigenvalue weighted by Crippen LogP contribution is -2.54. The molecule has 3 nitrogen and oxygen atoms in total. The van der Waals surface area contributed by atoms with Crippen molar-refractivity contribution in [2.45, 2.75) is 65.5 Å². The first-order valence-electron chi connectivity index (χ1n) is 7.15. The zero-order chi connectivity index (χ0) is 13.1. The molecular formula is C14H31NO2. The highest BCUT2D eigenvalue weighted by Gasteiger charge is 2.36. The Bertz CT molecular complexity index is 170. The second-order valence-corrected chi connectivity index (χ2v) is 4.39. The summed E-state index contributed by atoms with van der Waals surface area (Å²) in [6.07, 6.45) is 3.10. The number of nitrogens with one attached hydrogen (secondary N) is 1. The largest absolute Gasteiger partial charge is 0.380 e. The highest BCUT2D eigenvalue weighted by molar-refractivity contribution is 4.91. The molecule has 0 aliphatic carbocycles. The van der Waals surface area contributed by atoms with Crippen molar-refractivity contribution in [1.29, 1.82) is 0 Å². The second kappa shape index (κ2) is 9.86. The lowest BCUT2D eigenvalue weighted by molar-refractivity contribution is -0.0893. The number of likely N-dealkylation sites (N-methyl/N-ethyl adjacent to an activating group) is 1. The van der Waals surface area contributed by atoms with Crippen molar-refractivity contribution in [2.24, 2.45) is 0 Å². The third-order valence-electron chi connectivity index (χ3n) is 3.35. The van der Waals surface area contributed by atoms with Crippen LogP contribution in [0.1, 0.15) is 53.9 Å². The monoisotopic (exact) mass is 245 g/mol. The van der Waals surface area contributed by atoms with Gasteiger partial charge in [0, 0.05) is 13.2 Å². The molecular weight excluding hydrogens is 214 g/mol. The minimum absolute atomic E-state index is 0.0848. The molecule has 0 aromatic rings. The highest BCUT2D eigenvalue weighted by atomic mass is 16.5. The van der Waals surface area contributed by atoms with E-state index in [0.717, 1.165) is 45.6 Å². The van der Waals surface area contributed by atoms with E-state index >= 15 is 0 Å². The van der Waals surface area contributed by atoms with Crippen LogP contribution < -0.4 is 5.32 Å². The Morgan fingerprint density at radius 3 is 2.12 bits per heavy atom. The molecule has 0 aliphatic heterocycles. The van der Waals surface area contributed by atoms with E-state index in [9.17, 15) is 0 Å². The van der Waals surface area contributed by atoms with E-state index in [1.54, 1.807) is 0 Å². The molecule has 0 saturated heterocycles. The van der Waals surface area contributed by atoms with E-state index in [1.165, 1.54) is 0 Å². The maximum absolute atomic E-state index is 6.03. The molecule has 0 aromatic heterocycles. The second-order valence-electron chi connectivity index (χ2n) is 4.39. The van der Waals surface area contributed by atoms with Crippen LogP contribution in [0.25, 0.3) is 0 Å². The van der Waals surface area contributed by atoms with Gasteiger partial charge in [-0.3, -0.25) is 0 Å². The Balaban J connectivity index is 4.56. The van der Waals surface area contributed by atoms with Crippen LogP contribution in [0.3, 0.4) is 0 Å². The molecule has 1 atom stereocenters. The Morgan fingerprint density at radius 2 is 1.71 bits per heavy atom. The van der Waals surface area contributed by atoms with Gasteiger partial charge in [0.2, 0.25) is 0 Å². The summed E-state index contributed by atoms with van der Waals surface area (Å²) in [7, 11) is 0. The smallest absolute Gasteiger partial charge is 0.0851 e. The van der Waals surface area contributed by atoms with Crippen LogP contribution in [0, 0.1) is 0 Å². The van der Waals surface area contributed by atoms with Crippen LogP contribution in [-0.2, 0) is 9.47 Å². The fourth-order valence-electron chi connectivity index (χ4n) is 2.32. The molecule has 0 fully saturated rings. The molecule has 104 valence electrons. The molecule has 1 N–H and O–H groups in total. The van der Waals surface area contributed by atoms with Crippen LogP contribution in [0.4, 0.5) is 0 Å². The lowest BCUT2D eigenvalue weighted by atomic mass is 9.88.